The van der Waals surface area contributed by atoms with Crippen LogP contribution in [-0.2, 0) is 0 Å². The Balaban J connectivity index is 1.59. The first-order valence-corrected chi connectivity index (χ1v) is 9.98. The van der Waals surface area contributed by atoms with Gasteiger partial charge in [0.25, 0.3) is 5.91 Å². The molecule has 8 heteroatoms. The van der Waals surface area contributed by atoms with Crippen molar-refractivity contribution in [2.75, 3.05) is 6.54 Å². The summed E-state index contributed by atoms with van der Waals surface area (Å²) in [7, 11) is 0. The summed E-state index contributed by atoms with van der Waals surface area (Å²) in [6, 6.07) is 11.0. The third-order valence-corrected chi connectivity index (χ3v) is 5.48. The van der Waals surface area contributed by atoms with Gasteiger partial charge in [0.15, 0.2) is 0 Å². The lowest BCUT2D eigenvalue weighted by atomic mass is 10.1. The van der Waals surface area contributed by atoms with Crippen LogP contribution >= 0.6 is 22.9 Å². The minimum Gasteiger partial charge on any atom is -0.360 e. The van der Waals surface area contributed by atoms with Crippen LogP contribution in [0.15, 0.2) is 64.1 Å². The van der Waals surface area contributed by atoms with Gasteiger partial charge in [-0.3, -0.25) is 9.48 Å². The first-order valence-electron chi connectivity index (χ1n) is 8.65. The summed E-state index contributed by atoms with van der Waals surface area (Å²) in [5.41, 5.74) is 2.57. The molecule has 1 aromatic carbocycles. The summed E-state index contributed by atoms with van der Waals surface area (Å²) in [4.78, 5) is 13.0. The molecule has 1 atom stereocenters. The standard InChI is InChI=1S/C20H17ClN4O2S/c1-13-18(19(24-27-13)15-5-2-3-6-16(15)21)20(26)22-11-17(14-7-10-28-12-14)25-9-4-8-23-25/h2-10,12,17H,11H2,1H3,(H,22,26)/t17-/m0/s1. The lowest BCUT2D eigenvalue weighted by molar-refractivity contribution is 0.0948. The summed E-state index contributed by atoms with van der Waals surface area (Å²) >= 11 is 7.89. The van der Waals surface area contributed by atoms with Crippen molar-refractivity contribution < 1.29 is 9.32 Å². The van der Waals surface area contributed by atoms with Crippen LogP contribution in [0.5, 0.6) is 0 Å². The second kappa shape index (κ2) is 8.00. The fourth-order valence-corrected chi connectivity index (χ4v) is 3.98. The Morgan fingerprint density at radius 2 is 2.18 bits per heavy atom. The van der Waals surface area contributed by atoms with Gasteiger partial charge in [-0.25, -0.2) is 0 Å². The number of aryl methyl sites for hydroxylation is 1. The molecule has 0 bridgehead atoms. The quantitative estimate of drug-likeness (QED) is 0.503. The van der Waals surface area contributed by atoms with Crippen LogP contribution in [-0.4, -0.2) is 27.4 Å². The SMILES string of the molecule is Cc1onc(-c2ccccc2Cl)c1C(=O)NC[C@@H](c1ccsc1)n1cccn1. The molecule has 0 spiro atoms. The van der Waals surface area contributed by atoms with Gasteiger partial charge in [0.2, 0.25) is 0 Å². The van der Waals surface area contributed by atoms with Crippen molar-refractivity contribution in [3.63, 3.8) is 0 Å². The number of amides is 1. The molecule has 0 aliphatic rings. The summed E-state index contributed by atoms with van der Waals surface area (Å²) in [6.45, 7) is 2.09. The molecule has 3 aromatic heterocycles. The molecular formula is C20H17ClN4O2S. The second-order valence-corrected chi connectivity index (χ2v) is 7.40. The molecule has 3 heterocycles. The Morgan fingerprint density at radius 3 is 2.89 bits per heavy atom. The first-order chi connectivity index (χ1) is 13.6. The van der Waals surface area contributed by atoms with E-state index in [1.807, 2.05) is 46.6 Å². The maximum absolute atomic E-state index is 13.0. The molecule has 28 heavy (non-hydrogen) atoms. The number of halogens is 1. The van der Waals surface area contributed by atoms with E-state index in [2.05, 4.69) is 21.0 Å². The van der Waals surface area contributed by atoms with Crippen molar-refractivity contribution in [2.45, 2.75) is 13.0 Å². The van der Waals surface area contributed by atoms with Crippen LogP contribution < -0.4 is 5.32 Å². The van der Waals surface area contributed by atoms with Gasteiger partial charge in [0.1, 0.15) is 17.0 Å². The number of carbonyl (C=O) groups excluding carboxylic acids is 1. The van der Waals surface area contributed by atoms with Gasteiger partial charge in [-0.2, -0.15) is 16.4 Å². The van der Waals surface area contributed by atoms with Crippen molar-refractivity contribution in [2.24, 2.45) is 0 Å². The Hall–Kier alpha value is -2.90. The minimum atomic E-state index is -0.263. The van der Waals surface area contributed by atoms with E-state index >= 15 is 0 Å². The molecule has 0 aliphatic carbocycles. The predicted molar refractivity (Wildman–Crippen MR) is 109 cm³/mol. The third kappa shape index (κ3) is 3.58. The van der Waals surface area contributed by atoms with E-state index in [1.54, 1.807) is 30.5 Å². The van der Waals surface area contributed by atoms with Gasteiger partial charge < -0.3 is 9.84 Å². The molecule has 0 fully saturated rings. The van der Waals surface area contributed by atoms with Crippen LogP contribution in [0.1, 0.15) is 27.7 Å². The van der Waals surface area contributed by atoms with Crippen molar-refractivity contribution in [3.8, 4) is 11.3 Å². The van der Waals surface area contributed by atoms with Crippen molar-refractivity contribution in [1.29, 1.82) is 0 Å². The first kappa shape index (κ1) is 18.5. The topological polar surface area (TPSA) is 73.0 Å². The average molecular weight is 413 g/mol. The summed E-state index contributed by atoms with van der Waals surface area (Å²) < 4.78 is 7.12. The van der Waals surface area contributed by atoms with Crippen molar-refractivity contribution in [3.05, 3.63) is 81.5 Å². The van der Waals surface area contributed by atoms with Gasteiger partial charge in [-0.15, -0.1) is 0 Å². The Labute approximate surface area is 170 Å². The Morgan fingerprint density at radius 1 is 1.32 bits per heavy atom. The van der Waals surface area contributed by atoms with E-state index in [0.717, 1.165) is 5.56 Å². The second-order valence-electron chi connectivity index (χ2n) is 6.21. The number of rotatable bonds is 6. The summed E-state index contributed by atoms with van der Waals surface area (Å²) in [5, 5.41) is 16.0. The van der Waals surface area contributed by atoms with E-state index < -0.39 is 0 Å². The molecule has 0 saturated heterocycles. The lowest BCUT2D eigenvalue weighted by Gasteiger charge is -2.17. The van der Waals surface area contributed by atoms with Gasteiger partial charge >= 0.3 is 0 Å². The zero-order valence-corrected chi connectivity index (χ0v) is 16.6. The van der Waals surface area contributed by atoms with Crippen LogP contribution in [0.25, 0.3) is 11.3 Å². The highest BCUT2D eigenvalue weighted by atomic mass is 35.5. The zero-order chi connectivity index (χ0) is 19.5. The van der Waals surface area contributed by atoms with Gasteiger partial charge in [-0.05, 0) is 41.4 Å². The third-order valence-electron chi connectivity index (χ3n) is 4.45. The molecule has 0 saturated carbocycles. The molecule has 6 nitrogen and oxygen atoms in total. The fraction of sp³-hybridized carbons (Fsp3) is 0.150. The molecule has 142 valence electrons. The van der Waals surface area contributed by atoms with Gasteiger partial charge in [-0.1, -0.05) is 35.0 Å². The van der Waals surface area contributed by atoms with E-state index in [0.29, 0.717) is 34.1 Å². The van der Waals surface area contributed by atoms with Crippen LogP contribution in [0.2, 0.25) is 5.02 Å². The molecule has 4 rings (SSSR count). The molecule has 4 aromatic rings. The molecule has 1 amide bonds. The highest BCUT2D eigenvalue weighted by molar-refractivity contribution is 7.08. The van der Waals surface area contributed by atoms with E-state index in [1.165, 1.54) is 0 Å². The number of aromatic nitrogens is 3. The Kier molecular flexibility index (Phi) is 5.27. The number of benzene rings is 1. The molecule has 0 radical (unpaired) electrons. The van der Waals surface area contributed by atoms with E-state index in [-0.39, 0.29) is 11.9 Å². The maximum Gasteiger partial charge on any atom is 0.257 e. The Bertz CT molecular complexity index is 1040. The normalized spacial score (nSPS) is 12.1. The van der Waals surface area contributed by atoms with E-state index in [4.69, 9.17) is 16.1 Å². The summed E-state index contributed by atoms with van der Waals surface area (Å²) in [6.07, 6.45) is 3.61. The average Bonchev–Trinajstić information content (AvgIpc) is 3.44. The fourth-order valence-electron chi connectivity index (χ4n) is 3.05. The molecule has 1 N–H and O–H groups in total. The van der Waals surface area contributed by atoms with Crippen molar-refractivity contribution in [1.82, 2.24) is 20.3 Å². The van der Waals surface area contributed by atoms with Crippen LogP contribution in [0.3, 0.4) is 0 Å². The lowest BCUT2D eigenvalue weighted by Crippen LogP contribution is -2.31. The largest absolute Gasteiger partial charge is 0.360 e. The number of hydrogen-bond donors (Lipinski definition) is 1. The molecule has 0 unspecified atom stereocenters. The van der Waals surface area contributed by atoms with Crippen LogP contribution in [0.4, 0.5) is 0 Å². The monoisotopic (exact) mass is 412 g/mol. The highest BCUT2D eigenvalue weighted by Gasteiger charge is 2.24. The number of hydrogen-bond acceptors (Lipinski definition) is 5. The number of thiophene rings is 1. The van der Waals surface area contributed by atoms with Gasteiger partial charge in [0, 0.05) is 24.5 Å². The number of carbonyl (C=O) groups is 1. The maximum atomic E-state index is 13.0. The van der Waals surface area contributed by atoms with Crippen molar-refractivity contribution >= 4 is 28.8 Å². The predicted octanol–water partition coefficient (Wildman–Crippen LogP) is 4.58. The smallest absolute Gasteiger partial charge is 0.257 e. The zero-order valence-electron chi connectivity index (χ0n) is 15.0. The van der Waals surface area contributed by atoms with Gasteiger partial charge in [0.05, 0.1) is 11.1 Å². The van der Waals surface area contributed by atoms with E-state index in [9.17, 15) is 4.79 Å². The number of nitrogens with one attached hydrogen (secondary N) is 1. The minimum absolute atomic E-state index is 0.103. The highest BCUT2D eigenvalue weighted by Crippen LogP contribution is 2.31. The van der Waals surface area contributed by atoms with Crippen LogP contribution in [0, 0.1) is 6.92 Å². The molecule has 0 aliphatic heterocycles. The molecular weight excluding hydrogens is 396 g/mol. The summed E-state index contributed by atoms with van der Waals surface area (Å²) in [5.74, 6) is 0.180. The number of nitrogens with zero attached hydrogens (tertiary/aromatic N) is 3.